The van der Waals surface area contributed by atoms with E-state index < -0.39 is 0 Å². The minimum Gasteiger partial charge on any atom is -0.508 e. The number of aromatic hydroxyl groups is 2. The molecule has 174 valence electrons. The summed E-state index contributed by atoms with van der Waals surface area (Å²) in [4.78, 5) is 3.35. The Morgan fingerprint density at radius 1 is 0.879 bits per heavy atom. The molecule has 3 aromatic carbocycles. The van der Waals surface area contributed by atoms with E-state index in [4.69, 9.17) is 9.47 Å². The summed E-state index contributed by atoms with van der Waals surface area (Å²) in [5.74, 6) is 2.08. The first-order chi connectivity index (χ1) is 15.7. The zero-order valence-electron chi connectivity index (χ0n) is 18.2. The maximum atomic E-state index is 9.92. The van der Waals surface area contributed by atoms with Gasteiger partial charge in [0, 0.05) is 6.54 Å². The highest BCUT2D eigenvalue weighted by Crippen LogP contribution is 2.54. The topological polar surface area (TPSA) is 62.2 Å². The van der Waals surface area contributed by atoms with Gasteiger partial charge in [0.15, 0.2) is 0 Å². The lowest BCUT2D eigenvalue weighted by Gasteiger charge is -2.34. The number of phenolic OH excluding ortho intramolecular Hbond substituents is 2. The Morgan fingerprint density at radius 2 is 1.55 bits per heavy atom. The normalized spacial score (nSPS) is 19.9. The van der Waals surface area contributed by atoms with Gasteiger partial charge in [-0.25, -0.2) is 0 Å². The molecule has 5 nitrogen and oxygen atoms in total. The van der Waals surface area contributed by atoms with Crippen LogP contribution in [0, 0.1) is 0 Å². The molecule has 0 radical (unpaired) electrons. The summed E-state index contributed by atoms with van der Waals surface area (Å²) in [6, 6.07) is 20.6. The number of nitrogens with zero attached hydrogens (tertiary/aromatic N) is 1. The summed E-state index contributed by atoms with van der Waals surface area (Å²) in [6.07, 6.45) is 2.37. The number of benzene rings is 3. The van der Waals surface area contributed by atoms with Gasteiger partial charge in [-0.05, 0) is 79.5 Å². The molecule has 1 fully saturated rings. The van der Waals surface area contributed by atoms with Crippen molar-refractivity contribution in [2.45, 2.75) is 29.1 Å². The Hall–Kier alpha value is -2.54. The summed E-state index contributed by atoms with van der Waals surface area (Å²) in [7, 11) is 0. The predicted octanol–water partition coefficient (Wildman–Crippen LogP) is 5.96. The van der Waals surface area contributed by atoms with E-state index in [1.807, 2.05) is 30.3 Å². The van der Waals surface area contributed by atoms with E-state index in [9.17, 15) is 10.2 Å². The van der Waals surface area contributed by atoms with Gasteiger partial charge >= 0.3 is 0 Å². The van der Waals surface area contributed by atoms with Crippen LogP contribution in [-0.2, 0) is 0 Å². The Kier molecular flexibility index (Phi) is 7.58. The van der Waals surface area contributed by atoms with Crippen molar-refractivity contribution in [3.05, 3.63) is 77.9 Å². The molecule has 1 saturated heterocycles. The van der Waals surface area contributed by atoms with E-state index in [2.05, 4.69) is 17.0 Å². The first-order valence-electron chi connectivity index (χ1n) is 11.1. The highest BCUT2D eigenvalue weighted by atomic mass is 35.5. The Labute approximate surface area is 204 Å². The molecule has 33 heavy (non-hydrogen) atoms. The lowest BCUT2D eigenvalue weighted by atomic mass is 10.00. The van der Waals surface area contributed by atoms with Crippen LogP contribution in [0.3, 0.4) is 0 Å². The van der Waals surface area contributed by atoms with Crippen molar-refractivity contribution in [2.75, 3.05) is 26.2 Å². The Morgan fingerprint density at radius 3 is 2.27 bits per heavy atom. The molecule has 3 aromatic rings. The summed E-state index contributed by atoms with van der Waals surface area (Å²) < 4.78 is 12.4. The van der Waals surface area contributed by atoms with Crippen LogP contribution >= 0.6 is 24.2 Å². The van der Waals surface area contributed by atoms with Crippen molar-refractivity contribution >= 4 is 24.2 Å². The highest BCUT2D eigenvalue weighted by molar-refractivity contribution is 7.99. The summed E-state index contributed by atoms with van der Waals surface area (Å²) in [5, 5.41) is 19.6. The van der Waals surface area contributed by atoms with Gasteiger partial charge in [-0.1, -0.05) is 24.3 Å². The van der Waals surface area contributed by atoms with Gasteiger partial charge in [-0.2, -0.15) is 0 Å². The van der Waals surface area contributed by atoms with Crippen LogP contribution in [-0.4, -0.2) is 41.4 Å². The van der Waals surface area contributed by atoms with Gasteiger partial charge in [0.05, 0.1) is 10.1 Å². The van der Waals surface area contributed by atoms with Crippen LogP contribution < -0.4 is 9.47 Å². The molecular weight excluding hydrogens is 458 g/mol. The van der Waals surface area contributed by atoms with E-state index in [1.54, 1.807) is 36.0 Å². The minimum atomic E-state index is -0.208. The lowest BCUT2D eigenvalue weighted by Crippen LogP contribution is -2.25. The number of rotatable bonds is 6. The molecular formula is C26H28ClNO4S. The largest absolute Gasteiger partial charge is 0.508 e. The number of hydrogen-bond acceptors (Lipinski definition) is 6. The van der Waals surface area contributed by atoms with Crippen molar-refractivity contribution in [3.8, 4) is 23.0 Å². The Bertz CT molecular complexity index is 1050. The first-order valence-corrected chi connectivity index (χ1v) is 11.9. The summed E-state index contributed by atoms with van der Waals surface area (Å²) >= 11 is 1.66. The van der Waals surface area contributed by atoms with Crippen LogP contribution in [0.25, 0.3) is 0 Å². The second-order valence-corrected chi connectivity index (χ2v) is 9.45. The highest BCUT2D eigenvalue weighted by Gasteiger charge is 2.33. The third-order valence-electron chi connectivity index (χ3n) is 6.02. The molecule has 2 aliphatic rings. The van der Waals surface area contributed by atoms with Crippen LogP contribution in [0.15, 0.2) is 71.6 Å². The molecule has 0 aliphatic carbocycles. The summed E-state index contributed by atoms with van der Waals surface area (Å²) in [6.45, 7) is 4.02. The number of thioether (sulfide) groups is 1. The second kappa shape index (κ2) is 10.6. The molecule has 0 amide bonds. The van der Waals surface area contributed by atoms with E-state index in [1.165, 1.54) is 25.9 Å². The zero-order valence-corrected chi connectivity index (χ0v) is 19.9. The molecule has 2 aliphatic heterocycles. The molecule has 0 bridgehead atoms. The number of likely N-dealkylation sites (tertiary alicyclic amines) is 1. The van der Waals surface area contributed by atoms with Gasteiger partial charge in [-0.3, -0.25) is 4.90 Å². The fourth-order valence-electron chi connectivity index (χ4n) is 4.29. The molecule has 5 rings (SSSR count). The number of fused-ring (bicyclic) bond motifs is 1. The van der Waals surface area contributed by atoms with Crippen LogP contribution in [0.1, 0.15) is 35.3 Å². The van der Waals surface area contributed by atoms with Crippen molar-refractivity contribution < 1.29 is 19.7 Å². The third kappa shape index (κ3) is 5.52. The zero-order chi connectivity index (χ0) is 21.9. The van der Waals surface area contributed by atoms with E-state index in [0.717, 1.165) is 34.1 Å². The fraction of sp³-hybridized carbons (Fsp3) is 0.308. The van der Waals surface area contributed by atoms with Crippen LogP contribution in [0.2, 0.25) is 0 Å². The number of phenols is 2. The molecule has 0 unspecified atom stereocenters. The average molecular weight is 486 g/mol. The van der Waals surface area contributed by atoms with Gasteiger partial charge in [0.25, 0.3) is 0 Å². The number of hydrogen-bond donors (Lipinski definition) is 2. The van der Waals surface area contributed by atoms with E-state index >= 15 is 0 Å². The quantitative estimate of drug-likeness (QED) is 0.449. The van der Waals surface area contributed by atoms with Crippen molar-refractivity contribution in [1.82, 2.24) is 4.90 Å². The Balaban J connectivity index is 0.00000259. The first kappa shape index (κ1) is 23.6. The molecule has 7 heteroatoms. The van der Waals surface area contributed by atoms with E-state index in [0.29, 0.717) is 6.61 Å². The number of halogens is 1. The number of ether oxygens (including phenoxy) is 2. The molecule has 2 N–H and O–H groups in total. The molecule has 2 atom stereocenters. The van der Waals surface area contributed by atoms with Crippen molar-refractivity contribution in [2.24, 2.45) is 0 Å². The van der Waals surface area contributed by atoms with Crippen molar-refractivity contribution in [3.63, 3.8) is 0 Å². The third-order valence-corrected chi connectivity index (χ3v) is 7.36. The second-order valence-electron chi connectivity index (χ2n) is 8.27. The maximum absolute atomic E-state index is 9.92. The van der Waals surface area contributed by atoms with Crippen LogP contribution in [0.5, 0.6) is 23.0 Å². The predicted molar refractivity (Wildman–Crippen MR) is 133 cm³/mol. The van der Waals surface area contributed by atoms with Crippen molar-refractivity contribution in [1.29, 1.82) is 0 Å². The lowest BCUT2D eigenvalue weighted by molar-refractivity contribution is 0.190. The maximum Gasteiger partial charge on any atom is 0.140 e. The molecule has 0 saturated carbocycles. The van der Waals surface area contributed by atoms with Gasteiger partial charge in [0.1, 0.15) is 35.7 Å². The molecule has 0 aromatic heterocycles. The van der Waals surface area contributed by atoms with Gasteiger partial charge in [0.2, 0.25) is 0 Å². The van der Waals surface area contributed by atoms with Crippen LogP contribution in [0.4, 0.5) is 0 Å². The molecule has 2 heterocycles. The minimum absolute atomic E-state index is 0. The average Bonchev–Trinajstić information content (AvgIpc) is 3.33. The monoisotopic (exact) mass is 485 g/mol. The van der Waals surface area contributed by atoms with Gasteiger partial charge < -0.3 is 19.7 Å². The fourth-order valence-corrected chi connectivity index (χ4v) is 5.61. The van der Waals surface area contributed by atoms with Gasteiger partial charge in [-0.15, -0.1) is 24.2 Å². The smallest absolute Gasteiger partial charge is 0.140 e. The SMILES string of the molecule is Cl.Oc1ccc([C@H]2Sc3cc(O)ccc3O[C@H]2c2ccc(OCCN3CCCC3)cc2)cc1. The molecule has 0 spiro atoms. The van der Waals surface area contributed by atoms with E-state index in [-0.39, 0.29) is 35.3 Å². The summed E-state index contributed by atoms with van der Waals surface area (Å²) in [5.41, 5.74) is 2.11. The standard InChI is InChI=1S/C26H27NO4S.ClH/c28-20-7-3-19(4-8-20)26-25(31-23-12-9-21(29)17-24(23)32-26)18-5-10-22(11-6-18)30-16-15-27-13-1-2-14-27;/h3-12,17,25-26,28-29H,1-2,13-16H2;1H/t25-,26+;/m0./s1.